The summed E-state index contributed by atoms with van der Waals surface area (Å²) in [7, 11) is 0. The molecule has 2 aromatic rings. The highest BCUT2D eigenvalue weighted by Crippen LogP contribution is 2.36. The third-order valence-electron chi connectivity index (χ3n) is 4.11. The maximum Gasteiger partial charge on any atom is 0.320 e. The van der Waals surface area contributed by atoms with E-state index in [1.54, 1.807) is 0 Å². The van der Waals surface area contributed by atoms with Crippen molar-refractivity contribution >= 4 is 11.7 Å². The summed E-state index contributed by atoms with van der Waals surface area (Å²) in [6, 6.07) is 15.2. The van der Waals surface area contributed by atoms with E-state index < -0.39 is 18.1 Å². The molecule has 6 nitrogen and oxygen atoms in total. The number of hydrogen-bond donors (Lipinski definition) is 3. The highest BCUT2D eigenvalue weighted by Gasteiger charge is 2.24. The van der Waals surface area contributed by atoms with Crippen LogP contribution in [0, 0.1) is 0 Å². The van der Waals surface area contributed by atoms with Gasteiger partial charge < -0.3 is 20.4 Å². The number of rotatable bonds is 7. The molecule has 0 heterocycles. The molecule has 2 aromatic carbocycles. The monoisotopic (exact) mass is 340 g/mol. The Balaban J connectivity index is 1.67. The Morgan fingerprint density at radius 3 is 2.12 bits per heavy atom. The van der Waals surface area contributed by atoms with E-state index in [1.807, 2.05) is 48.5 Å². The van der Waals surface area contributed by atoms with Gasteiger partial charge in [-0.25, -0.2) is 0 Å². The van der Waals surface area contributed by atoms with E-state index in [0.29, 0.717) is 0 Å². The molecule has 3 N–H and O–H groups in total. The van der Waals surface area contributed by atoms with Gasteiger partial charge in [-0.1, -0.05) is 53.7 Å². The van der Waals surface area contributed by atoms with Crippen LogP contribution in [0.4, 0.5) is 0 Å². The van der Waals surface area contributed by atoms with E-state index in [-0.39, 0.29) is 13.2 Å². The van der Waals surface area contributed by atoms with Gasteiger partial charge in [0.2, 0.25) is 0 Å². The van der Waals surface area contributed by atoms with Crippen LogP contribution in [0.5, 0.6) is 0 Å². The number of aliphatic carboxylic acids is 1. The summed E-state index contributed by atoms with van der Waals surface area (Å²) in [4.78, 5) is 16.1. The van der Waals surface area contributed by atoms with Crippen LogP contribution in [0.15, 0.2) is 53.7 Å². The van der Waals surface area contributed by atoms with Crippen molar-refractivity contribution in [1.82, 2.24) is 5.32 Å². The normalized spacial score (nSPS) is 14.4. The van der Waals surface area contributed by atoms with Gasteiger partial charge in [0.05, 0.1) is 0 Å². The fourth-order valence-corrected chi connectivity index (χ4v) is 2.74. The van der Waals surface area contributed by atoms with E-state index in [4.69, 9.17) is 9.94 Å². The predicted octanol–water partition coefficient (Wildman–Crippen LogP) is 1.86. The molecule has 0 aromatic heterocycles. The van der Waals surface area contributed by atoms with E-state index in [1.165, 1.54) is 6.92 Å². The quantitative estimate of drug-likeness (QED) is 0.571. The molecule has 0 radical (unpaired) electrons. The molecule has 1 aliphatic rings. The molecule has 25 heavy (non-hydrogen) atoms. The van der Waals surface area contributed by atoms with E-state index in [0.717, 1.165) is 28.0 Å². The van der Waals surface area contributed by atoms with Gasteiger partial charge in [-0.15, -0.1) is 0 Å². The van der Waals surface area contributed by atoms with E-state index in [2.05, 4.69) is 10.5 Å². The molecule has 0 aliphatic heterocycles. The summed E-state index contributed by atoms with van der Waals surface area (Å²) in [6.45, 7) is 1.61. The molecule has 0 saturated carbocycles. The fourth-order valence-electron chi connectivity index (χ4n) is 2.74. The molecule has 2 atom stereocenters. The fraction of sp³-hybridized carbons (Fsp3) is 0.263. The van der Waals surface area contributed by atoms with Gasteiger partial charge in [-0.3, -0.25) is 4.79 Å². The number of nitrogens with zero attached hydrogens (tertiary/aromatic N) is 1. The maximum atomic E-state index is 10.7. The van der Waals surface area contributed by atoms with Crippen LogP contribution in [-0.4, -0.2) is 47.2 Å². The van der Waals surface area contributed by atoms with E-state index in [9.17, 15) is 9.90 Å². The van der Waals surface area contributed by atoms with Gasteiger partial charge in [-0.2, -0.15) is 0 Å². The molecule has 0 fully saturated rings. The topological polar surface area (TPSA) is 91.1 Å². The number of aliphatic hydroxyl groups excluding tert-OH is 1. The largest absolute Gasteiger partial charge is 0.480 e. The molecular weight excluding hydrogens is 320 g/mol. The molecule has 0 bridgehead atoms. The lowest BCUT2D eigenvalue weighted by Gasteiger charge is -2.13. The number of carboxylic acids is 1. The molecule has 3 rings (SSSR count). The highest BCUT2D eigenvalue weighted by atomic mass is 16.6. The molecule has 0 saturated heterocycles. The number of hydrogen-bond acceptors (Lipinski definition) is 5. The van der Waals surface area contributed by atoms with Crippen molar-refractivity contribution in [3.05, 3.63) is 59.7 Å². The minimum Gasteiger partial charge on any atom is -0.480 e. The molecule has 6 heteroatoms. The third-order valence-corrected chi connectivity index (χ3v) is 4.11. The Morgan fingerprint density at radius 1 is 1.08 bits per heavy atom. The lowest BCUT2D eigenvalue weighted by molar-refractivity contribution is -0.139. The van der Waals surface area contributed by atoms with Gasteiger partial charge in [0.15, 0.2) is 0 Å². The first-order valence-corrected chi connectivity index (χ1v) is 8.11. The van der Waals surface area contributed by atoms with Crippen molar-refractivity contribution < 1.29 is 19.8 Å². The molecule has 130 valence electrons. The molecule has 0 amide bonds. The zero-order chi connectivity index (χ0) is 17.8. The lowest BCUT2D eigenvalue weighted by atomic mass is 10.1. The Kier molecular flexibility index (Phi) is 5.11. The van der Waals surface area contributed by atoms with Gasteiger partial charge in [-0.05, 0) is 18.1 Å². The number of aliphatic hydroxyl groups is 1. The van der Waals surface area contributed by atoms with Crippen LogP contribution in [-0.2, 0) is 9.63 Å². The van der Waals surface area contributed by atoms with Gasteiger partial charge in [0.25, 0.3) is 0 Å². The predicted molar refractivity (Wildman–Crippen MR) is 94.6 cm³/mol. The summed E-state index contributed by atoms with van der Waals surface area (Å²) >= 11 is 0. The summed E-state index contributed by atoms with van der Waals surface area (Å²) < 4.78 is 0. The second-order valence-electron chi connectivity index (χ2n) is 5.95. The van der Waals surface area contributed by atoms with Crippen LogP contribution in [0.2, 0.25) is 0 Å². The highest BCUT2D eigenvalue weighted by molar-refractivity contribution is 6.24. The smallest absolute Gasteiger partial charge is 0.320 e. The van der Waals surface area contributed by atoms with Gasteiger partial charge in [0.1, 0.15) is 24.5 Å². The summed E-state index contributed by atoms with van der Waals surface area (Å²) in [5.41, 5.74) is 4.95. The number of oxime groups is 1. The van der Waals surface area contributed by atoms with Crippen molar-refractivity contribution in [2.24, 2.45) is 5.16 Å². The summed E-state index contributed by atoms with van der Waals surface area (Å²) in [6.07, 6.45) is -0.849. The third kappa shape index (κ3) is 3.70. The SMILES string of the molecule is C[C@@H](NC[C@H](O)CON=C1c2ccccc2-c2ccccc21)C(=O)O. The molecule has 0 spiro atoms. The van der Waals surface area contributed by atoms with Crippen molar-refractivity contribution in [3.63, 3.8) is 0 Å². The number of carboxylic acid groups (broad SMARTS) is 1. The van der Waals surface area contributed by atoms with Crippen molar-refractivity contribution in [3.8, 4) is 11.1 Å². The standard InChI is InChI=1S/C19H20N2O4/c1-12(19(23)24)20-10-13(22)11-25-21-18-16-8-4-2-6-14(16)15-7-3-5-9-17(15)18/h2-9,12-13,20,22H,10-11H2,1H3,(H,23,24)/t12-,13+/m1/s1. The van der Waals surface area contributed by atoms with Crippen LogP contribution >= 0.6 is 0 Å². The first-order valence-electron chi connectivity index (χ1n) is 8.11. The Labute approximate surface area is 145 Å². The number of benzene rings is 2. The lowest BCUT2D eigenvalue weighted by Crippen LogP contribution is -2.40. The minimum absolute atomic E-state index is 0.0207. The Bertz CT molecular complexity index is 756. The molecule has 0 unspecified atom stereocenters. The summed E-state index contributed by atoms with van der Waals surface area (Å²) in [5.74, 6) is -0.965. The average molecular weight is 340 g/mol. The van der Waals surface area contributed by atoms with Gasteiger partial charge in [0, 0.05) is 17.7 Å². The number of carbonyl (C=O) groups is 1. The van der Waals surface area contributed by atoms with Crippen molar-refractivity contribution in [1.29, 1.82) is 0 Å². The van der Waals surface area contributed by atoms with E-state index >= 15 is 0 Å². The van der Waals surface area contributed by atoms with Crippen LogP contribution in [0.3, 0.4) is 0 Å². The minimum atomic E-state index is -0.965. The second-order valence-corrected chi connectivity index (χ2v) is 5.95. The van der Waals surface area contributed by atoms with Crippen LogP contribution in [0.25, 0.3) is 11.1 Å². The first-order chi connectivity index (χ1) is 12.1. The average Bonchev–Trinajstić information content (AvgIpc) is 2.94. The molecular formula is C19H20N2O4. The van der Waals surface area contributed by atoms with Gasteiger partial charge >= 0.3 is 5.97 Å². The van der Waals surface area contributed by atoms with Crippen LogP contribution < -0.4 is 5.32 Å². The maximum absolute atomic E-state index is 10.7. The zero-order valence-electron chi connectivity index (χ0n) is 13.8. The number of fused-ring (bicyclic) bond motifs is 3. The number of nitrogens with one attached hydrogen (secondary N) is 1. The first kappa shape index (κ1) is 17.1. The van der Waals surface area contributed by atoms with Crippen molar-refractivity contribution in [2.75, 3.05) is 13.2 Å². The summed E-state index contributed by atoms with van der Waals surface area (Å²) in [5, 5.41) is 25.6. The molecule has 1 aliphatic carbocycles. The Hall–Kier alpha value is -2.70. The Morgan fingerprint density at radius 2 is 1.60 bits per heavy atom. The second kappa shape index (κ2) is 7.46. The van der Waals surface area contributed by atoms with Crippen LogP contribution in [0.1, 0.15) is 18.1 Å². The zero-order valence-corrected chi connectivity index (χ0v) is 13.8. The van der Waals surface area contributed by atoms with Crippen molar-refractivity contribution in [2.45, 2.75) is 19.1 Å².